The lowest BCUT2D eigenvalue weighted by Gasteiger charge is -2.29. The highest BCUT2D eigenvalue weighted by molar-refractivity contribution is 9.10. The van der Waals surface area contributed by atoms with Gasteiger partial charge in [0.25, 0.3) is 0 Å². The molecule has 0 aromatic heterocycles. The predicted molar refractivity (Wildman–Crippen MR) is 98.3 cm³/mol. The Morgan fingerprint density at radius 1 is 0.864 bits per heavy atom. The Labute approximate surface area is 142 Å². The minimum atomic E-state index is 0.608. The first-order chi connectivity index (χ1) is 10.7. The summed E-state index contributed by atoms with van der Waals surface area (Å²) >= 11 is 3.49. The van der Waals surface area contributed by atoms with E-state index in [0.717, 1.165) is 4.47 Å². The van der Waals surface area contributed by atoms with E-state index in [9.17, 15) is 0 Å². The fourth-order valence-corrected chi connectivity index (χ4v) is 3.55. The SMILES string of the molecule is CC(CN1CCCCC1)c1ccc(-c2ccc(Br)cc2)cc1. The number of hydrogen-bond donors (Lipinski definition) is 0. The van der Waals surface area contributed by atoms with Gasteiger partial charge >= 0.3 is 0 Å². The van der Waals surface area contributed by atoms with E-state index in [2.05, 4.69) is 76.3 Å². The van der Waals surface area contributed by atoms with Gasteiger partial charge in [-0.2, -0.15) is 0 Å². The summed E-state index contributed by atoms with van der Waals surface area (Å²) in [5.74, 6) is 0.608. The van der Waals surface area contributed by atoms with E-state index < -0.39 is 0 Å². The third kappa shape index (κ3) is 3.99. The lowest BCUT2D eigenvalue weighted by atomic mass is 9.96. The highest BCUT2D eigenvalue weighted by atomic mass is 79.9. The Balaban J connectivity index is 1.66. The molecular formula is C20H24BrN. The van der Waals surface area contributed by atoms with Crippen LogP contribution in [-0.2, 0) is 0 Å². The first-order valence-corrected chi connectivity index (χ1v) is 9.10. The Kier molecular flexibility index (Phi) is 5.32. The topological polar surface area (TPSA) is 3.24 Å². The van der Waals surface area contributed by atoms with Crippen LogP contribution in [-0.4, -0.2) is 24.5 Å². The minimum Gasteiger partial charge on any atom is -0.303 e. The van der Waals surface area contributed by atoms with Crippen molar-refractivity contribution in [2.24, 2.45) is 0 Å². The normalized spacial score (nSPS) is 17.4. The van der Waals surface area contributed by atoms with Crippen LogP contribution in [0.15, 0.2) is 53.0 Å². The van der Waals surface area contributed by atoms with Crippen molar-refractivity contribution < 1.29 is 0 Å². The number of likely N-dealkylation sites (tertiary alicyclic amines) is 1. The van der Waals surface area contributed by atoms with Crippen molar-refractivity contribution in [3.63, 3.8) is 0 Å². The Morgan fingerprint density at radius 3 is 2.00 bits per heavy atom. The van der Waals surface area contributed by atoms with Crippen molar-refractivity contribution in [1.29, 1.82) is 0 Å². The zero-order chi connectivity index (χ0) is 15.4. The maximum Gasteiger partial charge on any atom is 0.0175 e. The van der Waals surface area contributed by atoms with Gasteiger partial charge in [-0.15, -0.1) is 0 Å². The van der Waals surface area contributed by atoms with Gasteiger partial charge in [0.2, 0.25) is 0 Å². The van der Waals surface area contributed by atoms with Gasteiger partial charge in [0.15, 0.2) is 0 Å². The summed E-state index contributed by atoms with van der Waals surface area (Å²) in [6.45, 7) is 6.10. The third-order valence-electron chi connectivity index (χ3n) is 4.64. The van der Waals surface area contributed by atoms with Gasteiger partial charge in [-0.25, -0.2) is 0 Å². The number of halogens is 1. The molecule has 0 aliphatic carbocycles. The van der Waals surface area contributed by atoms with Crippen LogP contribution in [0.5, 0.6) is 0 Å². The molecule has 116 valence electrons. The van der Waals surface area contributed by atoms with E-state index in [0.29, 0.717) is 5.92 Å². The van der Waals surface area contributed by atoms with Crippen molar-refractivity contribution in [3.8, 4) is 11.1 Å². The standard InChI is InChI=1S/C20H24BrN/c1-16(15-22-13-3-2-4-14-22)17-5-7-18(8-6-17)19-9-11-20(21)12-10-19/h5-12,16H,2-4,13-15H2,1H3. The summed E-state index contributed by atoms with van der Waals surface area (Å²) < 4.78 is 1.13. The molecule has 0 amide bonds. The molecule has 0 bridgehead atoms. The van der Waals surface area contributed by atoms with Crippen LogP contribution in [0.2, 0.25) is 0 Å². The Hall–Kier alpha value is -1.12. The molecule has 2 aromatic carbocycles. The molecule has 2 aromatic rings. The van der Waals surface area contributed by atoms with Gasteiger partial charge in [-0.1, -0.05) is 65.7 Å². The summed E-state index contributed by atoms with van der Waals surface area (Å²) in [5, 5.41) is 0. The van der Waals surface area contributed by atoms with Crippen LogP contribution in [0.25, 0.3) is 11.1 Å². The van der Waals surface area contributed by atoms with Crippen LogP contribution in [0, 0.1) is 0 Å². The van der Waals surface area contributed by atoms with Gasteiger partial charge in [0.1, 0.15) is 0 Å². The molecule has 1 atom stereocenters. The second-order valence-corrected chi connectivity index (χ2v) is 7.31. The first-order valence-electron chi connectivity index (χ1n) is 8.30. The molecular weight excluding hydrogens is 334 g/mol. The monoisotopic (exact) mass is 357 g/mol. The van der Waals surface area contributed by atoms with Crippen molar-refractivity contribution in [2.45, 2.75) is 32.1 Å². The van der Waals surface area contributed by atoms with Crippen LogP contribution in [0.1, 0.15) is 37.7 Å². The Bertz CT molecular complexity index is 582. The highest BCUT2D eigenvalue weighted by Crippen LogP contribution is 2.25. The molecule has 3 rings (SSSR count). The van der Waals surface area contributed by atoms with E-state index >= 15 is 0 Å². The lowest BCUT2D eigenvalue weighted by Crippen LogP contribution is -2.32. The van der Waals surface area contributed by atoms with Gasteiger partial charge in [0.05, 0.1) is 0 Å². The second kappa shape index (κ2) is 7.43. The molecule has 0 N–H and O–H groups in total. The number of piperidine rings is 1. The molecule has 0 radical (unpaired) electrons. The zero-order valence-corrected chi connectivity index (χ0v) is 14.8. The van der Waals surface area contributed by atoms with Crippen LogP contribution in [0.4, 0.5) is 0 Å². The maximum atomic E-state index is 3.49. The summed E-state index contributed by atoms with van der Waals surface area (Å²) in [6.07, 6.45) is 4.15. The van der Waals surface area contributed by atoms with E-state index in [1.54, 1.807) is 0 Å². The largest absolute Gasteiger partial charge is 0.303 e. The number of benzene rings is 2. The maximum absolute atomic E-state index is 3.49. The molecule has 2 heteroatoms. The lowest BCUT2D eigenvalue weighted by molar-refractivity contribution is 0.219. The molecule has 0 saturated carbocycles. The van der Waals surface area contributed by atoms with Crippen molar-refractivity contribution >= 4 is 15.9 Å². The highest BCUT2D eigenvalue weighted by Gasteiger charge is 2.14. The number of rotatable bonds is 4. The fraction of sp³-hybridized carbons (Fsp3) is 0.400. The summed E-state index contributed by atoms with van der Waals surface area (Å²) in [4.78, 5) is 2.62. The number of nitrogens with zero attached hydrogens (tertiary/aromatic N) is 1. The molecule has 1 saturated heterocycles. The molecule has 0 spiro atoms. The summed E-state index contributed by atoms with van der Waals surface area (Å²) in [5.41, 5.74) is 4.02. The molecule has 1 nitrogen and oxygen atoms in total. The molecule has 1 aliphatic rings. The number of hydrogen-bond acceptors (Lipinski definition) is 1. The van der Waals surface area contributed by atoms with Crippen LogP contribution < -0.4 is 0 Å². The van der Waals surface area contributed by atoms with Crippen LogP contribution in [0.3, 0.4) is 0 Å². The quantitative estimate of drug-likeness (QED) is 0.677. The van der Waals surface area contributed by atoms with Crippen molar-refractivity contribution in [3.05, 3.63) is 58.6 Å². The average Bonchev–Trinajstić information content (AvgIpc) is 2.57. The van der Waals surface area contributed by atoms with Gasteiger partial charge in [-0.3, -0.25) is 0 Å². The molecule has 1 aliphatic heterocycles. The zero-order valence-electron chi connectivity index (χ0n) is 13.3. The molecule has 22 heavy (non-hydrogen) atoms. The van der Waals surface area contributed by atoms with Gasteiger partial charge in [-0.05, 0) is 60.7 Å². The third-order valence-corrected chi connectivity index (χ3v) is 5.17. The van der Waals surface area contributed by atoms with E-state index in [4.69, 9.17) is 0 Å². The van der Waals surface area contributed by atoms with E-state index in [-0.39, 0.29) is 0 Å². The van der Waals surface area contributed by atoms with E-state index in [1.807, 2.05) is 0 Å². The first kappa shape index (κ1) is 15.8. The van der Waals surface area contributed by atoms with Gasteiger partial charge in [0, 0.05) is 11.0 Å². The smallest absolute Gasteiger partial charge is 0.0175 e. The molecule has 1 fully saturated rings. The second-order valence-electron chi connectivity index (χ2n) is 6.39. The van der Waals surface area contributed by atoms with Crippen molar-refractivity contribution in [2.75, 3.05) is 19.6 Å². The molecule has 1 heterocycles. The summed E-state index contributed by atoms with van der Waals surface area (Å²) in [6, 6.07) is 17.6. The summed E-state index contributed by atoms with van der Waals surface area (Å²) in [7, 11) is 0. The minimum absolute atomic E-state index is 0.608. The average molecular weight is 358 g/mol. The Morgan fingerprint density at radius 2 is 1.41 bits per heavy atom. The predicted octanol–water partition coefficient (Wildman–Crippen LogP) is 5.71. The molecule has 1 unspecified atom stereocenters. The van der Waals surface area contributed by atoms with Crippen LogP contribution >= 0.6 is 15.9 Å². The van der Waals surface area contributed by atoms with Crippen molar-refractivity contribution in [1.82, 2.24) is 4.90 Å². The van der Waals surface area contributed by atoms with E-state index in [1.165, 1.54) is 55.6 Å². The fourth-order valence-electron chi connectivity index (χ4n) is 3.28. The van der Waals surface area contributed by atoms with Gasteiger partial charge < -0.3 is 4.90 Å².